The SMILES string of the molecule is COc1ccc2c(c1)CC[C@@H]1[C@@H]2CC[C@]2(C)/C(=N/N)CC[C@H]12. The van der Waals surface area contributed by atoms with Crippen molar-refractivity contribution in [3.05, 3.63) is 29.3 Å². The molecule has 4 rings (SSSR count). The van der Waals surface area contributed by atoms with Gasteiger partial charge in [-0.2, -0.15) is 5.10 Å². The van der Waals surface area contributed by atoms with Crippen molar-refractivity contribution in [2.24, 2.45) is 28.2 Å². The topological polar surface area (TPSA) is 47.6 Å². The third-order valence-electron chi connectivity index (χ3n) is 6.83. The molecule has 3 aliphatic rings. The van der Waals surface area contributed by atoms with E-state index in [1.807, 2.05) is 0 Å². The summed E-state index contributed by atoms with van der Waals surface area (Å²) in [6, 6.07) is 6.71. The number of methoxy groups -OCH3 is 1. The van der Waals surface area contributed by atoms with Gasteiger partial charge in [-0.3, -0.25) is 0 Å². The highest BCUT2D eigenvalue weighted by Crippen LogP contribution is 2.59. The van der Waals surface area contributed by atoms with Crippen LogP contribution < -0.4 is 10.6 Å². The van der Waals surface area contributed by atoms with Crippen molar-refractivity contribution in [2.75, 3.05) is 7.11 Å². The fraction of sp³-hybridized carbons (Fsp3) is 0.632. The number of fused-ring (bicyclic) bond motifs is 5. The Morgan fingerprint density at radius 1 is 1.23 bits per heavy atom. The predicted octanol–water partition coefficient (Wildman–Crippen LogP) is 3.87. The second-order valence-corrected chi connectivity index (χ2v) is 7.55. The van der Waals surface area contributed by atoms with E-state index < -0.39 is 0 Å². The molecule has 22 heavy (non-hydrogen) atoms. The van der Waals surface area contributed by atoms with Crippen LogP contribution >= 0.6 is 0 Å². The molecule has 1 aromatic carbocycles. The molecule has 0 heterocycles. The molecule has 1 aromatic rings. The quantitative estimate of drug-likeness (QED) is 0.632. The lowest BCUT2D eigenvalue weighted by molar-refractivity contribution is 0.0955. The summed E-state index contributed by atoms with van der Waals surface area (Å²) >= 11 is 0. The lowest BCUT2D eigenvalue weighted by Gasteiger charge is -2.49. The van der Waals surface area contributed by atoms with Crippen molar-refractivity contribution in [3.8, 4) is 5.75 Å². The highest BCUT2D eigenvalue weighted by Gasteiger charge is 2.53. The minimum absolute atomic E-state index is 0.264. The second kappa shape index (κ2) is 5.00. The molecule has 0 radical (unpaired) electrons. The van der Waals surface area contributed by atoms with Gasteiger partial charge in [0.15, 0.2) is 0 Å². The van der Waals surface area contributed by atoms with Crippen LogP contribution in [0.5, 0.6) is 5.75 Å². The van der Waals surface area contributed by atoms with Gasteiger partial charge in [-0.15, -0.1) is 0 Å². The third-order valence-corrected chi connectivity index (χ3v) is 6.83. The molecule has 0 aliphatic heterocycles. The van der Waals surface area contributed by atoms with Gasteiger partial charge in [0.2, 0.25) is 0 Å². The fourth-order valence-electron chi connectivity index (χ4n) is 5.69. The molecule has 0 spiro atoms. The zero-order chi connectivity index (χ0) is 15.3. The van der Waals surface area contributed by atoms with E-state index in [1.54, 1.807) is 12.7 Å². The Kier molecular flexibility index (Phi) is 3.21. The van der Waals surface area contributed by atoms with E-state index in [9.17, 15) is 0 Å². The molecule has 0 amide bonds. The monoisotopic (exact) mass is 298 g/mol. The average Bonchev–Trinajstić information content (AvgIpc) is 2.90. The first-order chi connectivity index (χ1) is 10.7. The molecule has 0 bridgehead atoms. The van der Waals surface area contributed by atoms with Gasteiger partial charge in [-0.05, 0) is 79.5 Å². The molecular formula is C19H26N2O. The van der Waals surface area contributed by atoms with Gasteiger partial charge < -0.3 is 10.6 Å². The van der Waals surface area contributed by atoms with Crippen molar-refractivity contribution in [1.82, 2.24) is 0 Å². The molecular weight excluding hydrogens is 272 g/mol. The van der Waals surface area contributed by atoms with E-state index in [-0.39, 0.29) is 5.41 Å². The number of hydrogen-bond acceptors (Lipinski definition) is 3. The third kappa shape index (κ3) is 1.84. The number of aryl methyl sites for hydroxylation is 1. The van der Waals surface area contributed by atoms with Crippen LogP contribution in [-0.2, 0) is 6.42 Å². The highest BCUT2D eigenvalue weighted by atomic mass is 16.5. The number of ether oxygens (including phenoxy) is 1. The Balaban J connectivity index is 1.69. The Morgan fingerprint density at radius 3 is 2.86 bits per heavy atom. The maximum atomic E-state index is 5.68. The van der Waals surface area contributed by atoms with Gasteiger partial charge in [0.25, 0.3) is 0 Å². The molecule has 2 N–H and O–H groups in total. The summed E-state index contributed by atoms with van der Waals surface area (Å²) in [5.74, 6) is 8.97. The van der Waals surface area contributed by atoms with Crippen LogP contribution in [0.15, 0.2) is 23.3 Å². The molecule has 2 fully saturated rings. The van der Waals surface area contributed by atoms with Crippen LogP contribution in [0, 0.1) is 17.3 Å². The lowest BCUT2D eigenvalue weighted by Crippen LogP contribution is -2.42. The molecule has 0 saturated heterocycles. The lowest BCUT2D eigenvalue weighted by atomic mass is 9.55. The molecule has 3 aliphatic carbocycles. The zero-order valence-electron chi connectivity index (χ0n) is 13.6. The molecule has 3 heteroatoms. The van der Waals surface area contributed by atoms with E-state index in [0.717, 1.165) is 29.9 Å². The van der Waals surface area contributed by atoms with Gasteiger partial charge in [0.1, 0.15) is 5.75 Å². The normalized spacial score (nSPS) is 38.3. The first-order valence-electron chi connectivity index (χ1n) is 8.61. The standard InChI is InChI=1S/C19H26N2O/c1-19-10-9-15-14-6-4-13(22-2)11-12(14)3-5-16(15)17(19)7-8-18(19)21-20/h4,6,11,15-17H,3,5,7-10,20H2,1-2H3/b21-18+/t15-,16-,17-,19+/m1/s1. The summed E-state index contributed by atoms with van der Waals surface area (Å²) < 4.78 is 5.40. The number of nitrogens with zero attached hydrogens (tertiary/aromatic N) is 1. The Morgan fingerprint density at radius 2 is 2.09 bits per heavy atom. The molecule has 4 atom stereocenters. The molecule has 3 nitrogen and oxygen atoms in total. The van der Waals surface area contributed by atoms with Crippen LogP contribution in [0.25, 0.3) is 0 Å². The minimum Gasteiger partial charge on any atom is -0.497 e. The summed E-state index contributed by atoms with van der Waals surface area (Å²) in [7, 11) is 1.76. The Hall–Kier alpha value is -1.51. The van der Waals surface area contributed by atoms with Crippen molar-refractivity contribution in [3.63, 3.8) is 0 Å². The smallest absolute Gasteiger partial charge is 0.119 e. The van der Waals surface area contributed by atoms with Crippen LogP contribution in [0.1, 0.15) is 56.1 Å². The van der Waals surface area contributed by atoms with E-state index in [2.05, 4.69) is 30.2 Å². The van der Waals surface area contributed by atoms with Gasteiger partial charge >= 0.3 is 0 Å². The summed E-state index contributed by atoms with van der Waals surface area (Å²) in [4.78, 5) is 0. The van der Waals surface area contributed by atoms with Crippen LogP contribution in [0.3, 0.4) is 0 Å². The van der Waals surface area contributed by atoms with Crippen molar-refractivity contribution in [1.29, 1.82) is 0 Å². The Bertz CT molecular complexity index is 624. The molecule has 0 aromatic heterocycles. The van der Waals surface area contributed by atoms with Crippen LogP contribution in [0.2, 0.25) is 0 Å². The van der Waals surface area contributed by atoms with E-state index in [4.69, 9.17) is 10.6 Å². The van der Waals surface area contributed by atoms with Gasteiger partial charge in [0, 0.05) is 11.1 Å². The van der Waals surface area contributed by atoms with Crippen molar-refractivity contribution >= 4 is 5.71 Å². The summed E-state index contributed by atoms with van der Waals surface area (Å²) in [5.41, 5.74) is 4.63. The van der Waals surface area contributed by atoms with Crippen LogP contribution in [-0.4, -0.2) is 12.8 Å². The summed E-state index contributed by atoms with van der Waals surface area (Å²) in [6.07, 6.45) is 7.39. The number of nitrogens with two attached hydrogens (primary N) is 1. The van der Waals surface area contributed by atoms with E-state index in [1.165, 1.54) is 43.4 Å². The average molecular weight is 298 g/mol. The number of hydrogen-bond donors (Lipinski definition) is 1. The van der Waals surface area contributed by atoms with E-state index >= 15 is 0 Å². The number of hydrazone groups is 1. The molecule has 0 unspecified atom stereocenters. The van der Waals surface area contributed by atoms with Gasteiger partial charge in [0.05, 0.1) is 7.11 Å². The predicted molar refractivity (Wildman–Crippen MR) is 89.2 cm³/mol. The summed E-state index contributed by atoms with van der Waals surface area (Å²) in [6.45, 7) is 2.41. The first-order valence-corrected chi connectivity index (χ1v) is 8.61. The minimum atomic E-state index is 0.264. The second-order valence-electron chi connectivity index (χ2n) is 7.55. The van der Waals surface area contributed by atoms with E-state index in [0.29, 0.717) is 0 Å². The fourth-order valence-corrected chi connectivity index (χ4v) is 5.69. The maximum absolute atomic E-state index is 5.68. The molecule has 2 saturated carbocycles. The molecule has 118 valence electrons. The largest absolute Gasteiger partial charge is 0.497 e. The van der Waals surface area contributed by atoms with Gasteiger partial charge in [-0.1, -0.05) is 13.0 Å². The van der Waals surface area contributed by atoms with Crippen LogP contribution in [0.4, 0.5) is 0 Å². The Labute approximate surface area is 132 Å². The summed E-state index contributed by atoms with van der Waals surface area (Å²) in [5, 5.41) is 4.15. The number of rotatable bonds is 1. The zero-order valence-corrected chi connectivity index (χ0v) is 13.6. The van der Waals surface area contributed by atoms with Gasteiger partial charge in [-0.25, -0.2) is 0 Å². The first kappa shape index (κ1) is 14.1. The highest BCUT2D eigenvalue weighted by molar-refractivity contribution is 5.92. The van der Waals surface area contributed by atoms with Crippen molar-refractivity contribution in [2.45, 2.75) is 51.4 Å². The van der Waals surface area contributed by atoms with Crippen molar-refractivity contribution < 1.29 is 4.74 Å². The number of benzene rings is 1. The maximum Gasteiger partial charge on any atom is 0.119 e.